The number of fused-ring (bicyclic) bond motifs is 4. The van der Waals surface area contributed by atoms with E-state index in [2.05, 4.69) is 5.32 Å². The molecule has 2 atom stereocenters. The average molecular weight is 397 g/mol. The van der Waals surface area contributed by atoms with E-state index in [1.807, 2.05) is 6.07 Å². The average Bonchev–Trinajstić information content (AvgIpc) is 2.95. The van der Waals surface area contributed by atoms with Gasteiger partial charge in [-0.3, -0.25) is 10.5 Å². The summed E-state index contributed by atoms with van der Waals surface area (Å²) in [7, 11) is 0. The largest absolute Gasteiger partial charge is 0.464 e. The molecule has 1 fully saturated rings. The molecule has 9 nitrogen and oxygen atoms in total. The number of carbonyl (C=O) groups excluding carboxylic acids is 3. The molecule has 2 bridgehead atoms. The Hall–Kier alpha value is -3.59. The van der Waals surface area contributed by atoms with Crippen molar-refractivity contribution in [2.75, 3.05) is 18.5 Å². The van der Waals surface area contributed by atoms with Crippen LogP contribution >= 0.6 is 0 Å². The van der Waals surface area contributed by atoms with Crippen LogP contribution in [0.4, 0.5) is 15.3 Å². The molecular weight excluding hydrogens is 378 g/mol. The number of hydrogen-bond donors (Lipinski definition) is 2. The molecule has 2 aromatic carbocycles. The Morgan fingerprint density at radius 2 is 1.93 bits per heavy atom. The van der Waals surface area contributed by atoms with Gasteiger partial charge in [-0.25, -0.2) is 14.4 Å². The lowest BCUT2D eigenvalue weighted by Gasteiger charge is -2.31. The number of nitrogens with one attached hydrogen (secondary N) is 1. The molecule has 0 aromatic heterocycles. The van der Waals surface area contributed by atoms with Crippen LogP contribution in [0, 0.1) is 0 Å². The molecule has 2 aliphatic rings. The highest BCUT2D eigenvalue weighted by Crippen LogP contribution is 2.44. The maximum absolute atomic E-state index is 12.5. The normalized spacial score (nSPS) is 19.6. The summed E-state index contributed by atoms with van der Waals surface area (Å²) in [6.07, 6.45) is -0.682. The maximum Gasteiger partial charge on any atom is 0.417 e. The van der Waals surface area contributed by atoms with Gasteiger partial charge in [0.2, 0.25) is 0 Å². The number of carbonyl (C=O) groups is 3. The summed E-state index contributed by atoms with van der Waals surface area (Å²) < 4.78 is 10.4. The van der Waals surface area contributed by atoms with Gasteiger partial charge >= 0.3 is 18.1 Å². The molecule has 9 heteroatoms. The minimum absolute atomic E-state index is 0.130. The summed E-state index contributed by atoms with van der Waals surface area (Å²) in [4.78, 5) is 38.2. The summed E-state index contributed by atoms with van der Waals surface area (Å²) in [5.41, 5.74) is 1.63. The highest BCUT2D eigenvalue weighted by atomic mass is 16.6. The van der Waals surface area contributed by atoms with Crippen molar-refractivity contribution in [1.29, 1.82) is 0 Å². The molecule has 29 heavy (non-hydrogen) atoms. The number of anilines is 1. The van der Waals surface area contributed by atoms with E-state index >= 15 is 0 Å². The quantitative estimate of drug-likeness (QED) is 0.606. The second-order valence-electron chi connectivity index (χ2n) is 6.62. The van der Waals surface area contributed by atoms with Crippen LogP contribution in [-0.2, 0) is 9.53 Å². The SMILES string of the molecule is CCOC(=O)[C@H]1c2ccc(OC(=O)Nc3ccccc3)cc2[C@H]2CN1C(=O)N2O. The molecule has 4 rings (SSSR count). The van der Waals surface area contributed by atoms with E-state index in [0.717, 1.165) is 0 Å². The molecule has 2 aromatic rings. The highest BCUT2D eigenvalue weighted by molar-refractivity contribution is 5.89. The van der Waals surface area contributed by atoms with Crippen molar-refractivity contribution in [3.8, 4) is 5.75 Å². The highest BCUT2D eigenvalue weighted by Gasteiger charge is 2.50. The Balaban J connectivity index is 1.61. The smallest absolute Gasteiger partial charge is 0.417 e. The standard InChI is InChI=1S/C20H19N3O6/c1-2-28-18(24)17-14-9-8-13(29-19(25)21-12-6-4-3-5-7-12)10-15(14)16-11-22(17)20(26)23(16)27/h3-10,16-17,27H,2,11H2,1H3,(H,21,25)/t16-,17-/m1/s1. The molecule has 150 valence electrons. The zero-order chi connectivity index (χ0) is 20.5. The van der Waals surface area contributed by atoms with E-state index in [0.29, 0.717) is 21.9 Å². The van der Waals surface area contributed by atoms with Gasteiger partial charge in [0.25, 0.3) is 0 Å². The number of para-hydroxylation sites is 1. The third-order valence-electron chi connectivity index (χ3n) is 4.87. The van der Waals surface area contributed by atoms with Gasteiger partial charge in [0.05, 0.1) is 13.2 Å². The number of nitrogens with zero attached hydrogens (tertiary/aromatic N) is 2. The number of rotatable bonds is 4. The van der Waals surface area contributed by atoms with E-state index in [9.17, 15) is 19.6 Å². The lowest BCUT2D eigenvalue weighted by molar-refractivity contribution is -0.148. The van der Waals surface area contributed by atoms with Crippen molar-refractivity contribution in [3.05, 3.63) is 59.7 Å². The number of hydrogen-bond acceptors (Lipinski definition) is 6. The molecule has 1 saturated heterocycles. The number of benzene rings is 2. The van der Waals surface area contributed by atoms with E-state index in [1.165, 1.54) is 11.0 Å². The number of amides is 3. The zero-order valence-corrected chi connectivity index (χ0v) is 15.6. The Bertz CT molecular complexity index is 964. The van der Waals surface area contributed by atoms with Gasteiger partial charge in [0.1, 0.15) is 11.8 Å². The van der Waals surface area contributed by atoms with Crippen LogP contribution in [-0.4, -0.2) is 46.4 Å². The van der Waals surface area contributed by atoms with E-state index in [4.69, 9.17) is 9.47 Å². The van der Waals surface area contributed by atoms with Crippen molar-refractivity contribution in [2.24, 2.45) is 0 Å². The predicted octanol–water partition coefficient (Wildman–Crippen LogP) is 3.08. The summed E-state index contributed by atoms with van der Waals surface area (Å²) >= 11 is 0. The van der Waals surface area contributed by atoms with Crippen LogP contribution in [0.25, 0.3) is 0 Å². The molecule has 2 heterocycles. The third-order valence-corrected chi connectivity index (χ3v) is 4.87. The first-order valence-corrected chi connectivity index (χ1v) is 9.12. The number of hydroxylamine groups is 2. The van der Waals surface area contributed by atoms with E-state index < -0.39 is 30.2 Å². The van der Waals surface area contributed by atoms with Crippen LogP contribution < -0.4 is 10.1 Å². The minimum atomic E-state index is -0.960. The Kier molecular flexibility index (Phi) is 4.81. The van der Waals surface area contributed by atoms with Crippen molar-refractivity contribution >= 4 is 23.8 Å². The van der Waals surface area contributed by atoms with Crippen molar-refractivity contribution < 1.29 is 29.1 Å². The second kappa shape index (κ2) is 7.44. The van der Waals surface area contributed by atoms with E-state index in [-0.39, 0.29) is 18.9 Å². The van der Waals surface area contributed by atoms with Crippen LogP contribution in [0.5, 0.6) is 5.75 Å². The molecule has 0 unspecified atom stereocenters. The maximum atomic E-state index is 12.5. The van der Waals surface area contributed by atoms with Crippen LogP contribution in [0.2, 0.25) is 0 Å². The van der Waals surface area contributed by atoms with Gasteiger partial charge in [-0.1, -0.05) is 24.3 Å². The molecule has 0 saturated carbocycles. The fourth-order valence-corrected chi connectivity index (χ4v) is 3.62. The lowest BCUT2D eigenvalue weighted by Crippen LogP contribution is -2.39. The molecular formula is C20H19N3O6. The molecule has 0 aliphatic carbocycles. The minimum Gasteiger partial charge on any atom is -0.464 e. The van der Waals surface area contributed by atoms with Gasteiger partial charge in [-0.05, 0) is 42.3 Å². The fraction of sp³-hybridized carbons (Fsp3) is 0.250. The van der Waals surface area contributed by atoms with Gasteiger partial charge in [-0.15, -0.1) is 0 Å². The first-order valence-electron chi connectivity index (χ1n) is 9.12. The predicted molar refractivity (Wildman–Crippen MR) is 100 cm³/mol. The number of urea groups is 1. The van der Waals surface area contributed by atoms with Gasteiger partial charge in [0, 0.05) is 5.69 Å². The molecule has 2 aliphatic heterocycles. The third kappa shape index (κ3) is 3.36. The first-order chi connectivity index (χ1) is 14.0. The molecule has 0 radical (unpaired) electrons. The van der Waals surface area contributed by atoms with Crippen molar-refractivity contribution in [1.82, 2.24) is 9.96 Å². The zero-order valence-electron chi connectivity index (χ0n) is 15.6. The van der Waals surface area contributed by atoms with Gasteiger partial charge < -0.3 is 14.4 Å². The van der Waals surface area contributed by atoms with Gasteiger partial charge in [0.15, 0.2) is 6.04 Å². The Morgan fingerprint density at radius 3 is 2.66 bits per heavy atom. The Morgan fingerprint density at radius 1 is 1.17 bits per heavy atom. The van der Waals surface area contributed by atoms with Crippen LogP contribution in [0.15, 0.2) is 48.5 Å². The Labute approximate surface area is 166 Å². The van der Waals surface area contributed by atoms with Crippen LogP contribution in [0.3, 0.4) is 0 Å². The summed E-state index contributed by atoms with van der Waals surface area (Å²) in [5, 5.41) is 13.4. The summed E-state index contributed by atoms with van der Waals surface area (Å²) in [6.45, 7) is 1.97. The van der Waals surface area contributed by atoms with E-state index in [1.54, 1.807) is 43.3 Å². The fourth-order valence-electron chi connectivity index (χ4n) is 3.62. The second-order valence-corrected chi connectivity index (χ2v) is 6.62. The summed E-state index contributed by atoms with van der Waals surface area (Å²) in [5.74, 6) is -0.354. The molecule has 3 amide bonds. The monoisotopic (exact) mass is 397 g/mol. The van der Waals surface area contributed by atoms with Crippen molar-refractivity contribution in [2.45, 2.75) is 19.0 Å². The number of ether oxygens (including phenoxy) is 2. The first kappa shape index (κ1) is 18.8. The molecule has 2 N–H and O–H groups in total. The van der Waals surface area contributed by atoms with Crippen molar-refractivity contribution in [3.63, 3.8) is 0 Å². The topological polar surface area (TPSA) is 108 Å². The lowest BCUT2D eigenvalue weighted by atomic mass is 9.91. The summed E-state index contributed by atoms with van der Waals surface area (Å²) in [6, 6.07) is 11.2. The number of esters is 1. The molecule has 0 spiro atoms. The van der Waals surface area contributed by atoms with Gasteiger partial charge in [-0.2, -0.15) is 5.06 Å². The van der Waals surface area contributed by atoms with Crippen LogP contribution in [0.1, 0.15) is 30.1 Å².